The molecule has 0 aromatic heterocycles. The average Bonchev–Trinajstić information content (AvgIpc) is 3.04. The van der Waals surface area contributed by atoms with Crippen molar-refractivity contribution in [1.82, 2.24) is 0 Å². The molecular weight excluding hydrogens is 617 g/mol. The van der Waals surface area contributed by atoms with E-state index in [1.165, 1.54) is 107 Å². The minimum Gasteiger partial charge on any atom is -0.392 e. The van der Waals surface area contributed by atoms with Crippen LogP contribution in [0.25, 0.3) is 0 Å². The summed E-state index contributed by atoms with van der Waals surface area (Å²) in [6, 6.07) is 0. The van der Waals surface area contributed by atoms with Gasteiger partial charge in [0, 0.05) is 0 Å². The maximum atomic E-state index is 8.98. The molecule has 0 amide bonds. The summed E-state index contributed by atoms with van der Waals surface area (Å²) in [5.41, 5.74) is 14.8. The highest BCUT2D eigenvalue weighted by Gasteiger charge is 1.98. The van der Waals surface area contributed by atoms with E-state index in [0.717, 1.165) is 64.2 Å². The highest BCUT2D eigenvalue weighted by molar-refractivity contribution is 5.11. The monoisotopic (exact) mass is 699 g/mol. The zero-order valence-electron chi connectivity index (χ0n) is 35.7. The molecule has 0 aromatic carbocycles. The van der Waals surface area contributed by atoms with Gasteiger partial charge in [0.05, 0.1) is 6.61 Å². The van der Waals surface area contributed by atoms with E-state index in [0.29, 0.717) is 0 Å². The lowest BCUT2D eigenvalue weighted by molar-refractivity contribution is 0.341. The first-order valence-corrected chi connectivity index (χ1v) is 20.5. The average molecular weight is 699 g/mol. The Labute approximate surface area is 319 Å². The molecule has 0 aliphatic rings. The summed E-state index contributed by atoms with van der Waals surface area (Å²) < 4.78 is 0. The maximum absolute atomic E-state index is 8.98. The topological polar surface area (TPSA) is 20.2 Å². The summed E-state index contributed by atoms with van der Waals surface area (Å²) in [6.45, 7) is 24.9. The van der Waals surface area contributed by atoms with Gasteiger partial charge in [-0.2, -0.15) is 0 Å². The molecule has 0 radical (unpaired) electrons. The van der Waals surface area contributed by atoms with Crippen molar-refractivity contribution in [2.45, 2.75) is 192 Å². The highest BCUT2D eigenvalue weighted by atomic mass is 16.2. The molecule has 0 aromatic rings. The van der Waals surface area contributed by atoms with Gasteiger partial charge < -0.3 is 5.11 Å². The van der Waals surface area contributed by atoms with Crippen LogP contribution >= 0.6 is 0 Å². The van der Waals surface area contributed by atoms with E-state index in [2.05, 4.69) is 131 Å². The predicted molar refractivity (Wildman–Crippen MR) is 233 cm³/mol. The lowest BCUT2D eigenvalue weighted by Crippen LogP contribution is -1.84. The van der Waals surface area contributed by atoms with Gasteiger partial charge in [-0.25, -0.2) is 0 Å². The van der Waals surface area contributed by atoms with Crippen LogP contribution in [0, 0.1) is 0 Å². The maximum Gasteiger partial charge on any atom is 0.0614 e. The van der Waals surface area contributed by atoms with Crippen molar-refractivity contribution >= 4 is 0 Å². The van der Waals surface area contributed by atoms with E-state index >= 15 is 0 Å². The summed E-state index contributed by atoms with van der Waals surface area (Å²) >= 11 is 0. The first-order valence-electron chi connectivity index (χ1n) is 20.5. The Morgan fingerprint density at radius 2 is 0.412 bits per heavy atom. The molecule has 0 rings (SSSR count). The predicted octanol–water partition coefficient (Wildman–Crippen LogP) is 16.5. The number of aliphatic hydroxyl groups is 1. The van der Waals surface area contributed by atoms with Crippen LogP contribution in [-0.4, -0.2) is 11.7 Å². The highest BCUT2D eigenvalue weighted by Crippen LogP contribution is 2.18. The number of aliphatic hydroxyl groups excluding tert-OH is 1. The van der Waals surface area contributed by atoms with Crippen LogP contribution in [0.1, 0.15) is 192 Å². The first-order chi connectivity index (χ1) is 24.3. The molecule has 0 aliphatic heterocycles. The molecule has 1 nitrogen and oxygen atoms in total. The molecule has 51 heavy (non-hydrogen) atoms. The van der Waals surface area contributed by atoms with Crippen molar-refractivity contribution in [1.29, 1.82) is 0 Å². The Morgan fingerprint density at radius 1 is 0.255 bits per heavy atom. The second-order valence-electron chi connectivity index (χ2n) is 15.8. The second kappa shape index (κ2) is 32.0. The molecule has 0 atom stereocenters. The van der Waals surface area contributed by atoms with Crippen molar-refractivity contribution in [3.63, 3.8) is 0 Å². The number of hydrogen-bond acceptors (Lipinski definition) is 1. The normalized spacial score (nSPS) is 14.9. The van der Waals surface area contributed by atoms with E-state index in [-0.39, 0.29) is 6.61 Å². The van der Waals surface area contributed by atoms with Gasteiger partial charge in [-0.1, -0.05) is 116 Å². The van der Waals surface area contributed by atoms with Crippen molar-refractivity contribution < 1.29 is 5.11 Å². The van der Waals surface area contributed by atoms with E-state index in [4.69, 9.17) is 5.11 Å². The van der Waals surface area contributed by atoms with Gasteiger partial charge >= 0.3 is 0 Å². The van der Waals surface area contributed by atoms with E-state index in [1.54, 1.807) is 0 Å². The SMILES string of the molecule is CC(C)=CCC/C(C)=C\CC/C(C)=C\CC/C(C)=C\CC/C(C)=C\CC/C(C)=C\CC/C(C)=C\CC/C(C)=C\CC/C(C)=C\CC/C(C)=C/CO. The van der Waals surface area contributed by atoms with Crippen LogP contribution in [0.3, 0.4) is 0 Å². The molecule has 0 aliphatic carbocycles. The Hall–Kier alpha value is -2.64. The third-order valence-electron chi connectivity index (χ3n) is 9.78. The van der Waals surface area contributed by atoms with E-state index in [9.17, 15) is 0 Å². The van der Waals surface area contributed by atoms with Gasteiger partial charge in [-0.15, -0.1) is 0 Å². The fourth-order valence-electron chi connectivity index (χ4n) is 6.03. The lowest BCUT2D eigenvalue weighted by atomic mass is 10.0. The van der Waals surface area contributed by atoms with Crippen LogP contribution in [0.4, 0.5) is 0 Å². The van der Waals surface area contributed by atoms with Crippen LogP contribution in [0.2, 0.25) is 0 Å². The van der Waals surface area contributed by atoms with Crippen LogP contribution in [0.5, 0.6) is 0 Å². The summed E-state index contributed by atoms with van der Waals surface area (Å²) in [6.07, 6.45) is 44.5. The molecule has 0 unspecified atom stereocenters. The van der Waals surface area contributed by atoms with Crippen LogP contribution < -0.4 is 0 Å². The number of hydrogen-bond donors (Lipinski definition) is 1. The van der Waals surface area contributed by atoms with Gasteiger partial charge in [-0.3, -0.25) is 0 Å². The smallest absolute Gasteiger partial charge is 0.0614 e. The Morgan fingerprint density at radius 3 is 0.569 bits per heavy atom. The standard InChI is InChI=1S/C50H82O/c1-41(2)21-12-22-42(3)23-13-24-43(4)25-14-26-44(5)27-15-28-45(6)29-16-30-46(7)31-17-32-47(8)33-18-34-48(9)35-19-36-49(10)37-20-38-50(11)39-40-51/h21,23,25,27,29,31,33,35,37,39,51H,12-20,22,24,26,28,30,32,34,36,38,40H2,1-11H3/b42-23-,43-25-,44-27-,45-29-,46-31-,47-33-,48-35-,49-37-,50-39+. The van der Waals surface area contributed by atoms with Gasteiger partial charge in [0.1, 0.15) is 0 Å². The summed E-state index contributed by atoms with van der Waals surface area (Å²) in [5, 5.41) is 8.98. The van der Waals surface area contributed by atoms with Crippen molar-refractivity contribution in [2.75, 3.05) is 6.61 Å². The minimum absolute atomic E-state index is 0.150. The van der Waals surface area contributed by atoms with Crippen molar-refractivity contribution in [3.8, 4) is 0 Å². The molecule has 1 heteroatoms. The summed E-state index contributed by atoms with van der Waals surface area (Å²) in [7, 11) is 0. The third kappa shape index (κ3) is 33.0. The van der Waals surface area contributed by atoms with E-state index in [1.807, 2.05) is 6.08 Å². The second-order valence-corrected chi connectivity index (χ2v) is 15.8. The summed E-state index contributed by atoms with van der Waals surface area (Å²) in [4.78, 5) is 0. The molecule has 0 saturated carbocycles. The molecule has 0 heterocycles. The lowest BCUT2D eigenvalue weighted by Gasteiger charge is -2.04. The van der Waals surface area contributed by atoms with Gasteiger partial charge in [0.2, 0.25) is 0 Å². The van der Waals surface area contributed by atoms with Crippen molar-refractivity contribution in [3.05, 3.63) is 116 Å². The number of allylic oxidation sites excluding steroid dienone is 19. The van der Waals surface area contributed by atoms with Gasteiger partial charge in [-0.05, 0) is 192 Å². The zero-order valence-corrected chi connectivity index (χ0v) is 35.7. The van der Waals surface area contributed by atoms with Crippen molar-refractivity contribution in [2.24, 2.45) is 0 Å². The molecule has 0 saturated heterocycles. The Kier molecular flexibility index (Phi) is 30.4. The zero-order chi connectivity index (χ0) is 38.3. The van der Waals surface area contributed by atoms with Gasteiger partial charge in [0.15, 0.2) is 0 Å². The first kappa shape index (κ1) is 48.4. The third-order valence-corrected chi connectivity index (χ3v) is 9.78. The van der Waals surface area contributed by atoms with Gasteiger partial charge in [0.25, 0.3) is 0 Å². The molecule has 288 valence electrons. The van der Waals surface area contributed by atoms with E-state index < -0.39 is 0 Å². The quantitative estimate of drug-likeness (QED) is 0.0807. The molecule has 1 N–H and O–H groups in total. The molecular formula is C50H82O. The Bertz CT molecular complexity index is 1260. The Balaban J connectivity index is 4.24. The molecule has 0 spiro atoms. The van der Waals surface area contributed by atoms with Crippen LogP contribution in [0.15, 0.2) is 116 Å². The fraction of sp³-hybridized carbons (Fsp3) is 0.600. The fourth-order valence-corrected chi connectivity index (χ4v) is 6.03. The number of rotatable bonds is 28. The van der Waals surface area contributed by atoms with Crippen LogP contribution in [-0.2, 0) is 0 Å². The molecule has 0 bridgehead atoms. The largest absolute Gasteiger partial charge is 0.392 e. The summed E-state index contributed by atoms with van der Waals surface area (Å²) in [5.74, 6) is 0. The molecule has 0 fully saturated rings. The minimum atomic E-state index is 0.150.